The van der Waals surface area contributed by atoms with Crippen LogP contribution in [0.5, 0.6) is 5.88 Å². The number of hydrogen-bond donors (Lipinski definition) is 1. The van der Waals surface area contributed by atoms with Gasteiger partial charge in [0.15, 0.2) is 0 Å². The molecule has 17 heavy (non-hydrogen) atoms. The lowest BCUT2D eigenvalue weighted by molar-refractivity contribution is 0.106. The SMILES string of the molecule is CCNCc1c(C)nn(C)c1OCCOCC. The Morgan fingerprint density at radius 3 is 2.71 bits per heavy atom. The maximum Gasteiger partial charge on any atom is 0.216 e. The van der Waals surface area contributed by atoms with Gasteiger partial charge in [0.05, 0.1) is 17.9 Å². The van der Waals surface area contributed by atoms with Crippen LogP contribution in [0, 0.1) is 6.92 Å². The first-order chi connectivity index (χ1) is 8.20. The fraction of sp³-hybridized carbons (Fsp3) is 0.750. The fourth-order valence-corrected chi connectivity index (χ4v) is 1.66. The van der Waals surface area contributed by atoms with Crippen LogP contribution in [0.2, 0.25) is 0 Å². The van der Waals surface area contributed by atoms with E-state index in [-0.39, 0.29) is 0 Å². The van der Waals surface area contributed by atoms with Crippen molar-refractivity contribution in [1.82, 2.24) is 15.1 Å². The molecule has 0 unspecified atom stereocenters. The van der Waals surface area contributed by atoms with Crippen molar-refractivity contribution in [2.75, 3.05) is 26.4 Å². The van der Waals surface area contributed by atoms with Crippen LogP contribution in [-0.4, -0.2) is 36.1 Å². The molecule has 0 aliphatic carbocycles. The van der Waals surface area contributed by atoms with Gasteiger partial charge in [-0.3, -0.25) is 0 Å². The molecule has 1 aromatic heterocycles. The number of rotatable bonds is 8. The minimum atomic E-state index is 0.561. The Morgan fingerprint density at radius 2 is 2.06 bits per heavy atom. The van der Waals surface area contributed by atoms with Gasteiger partial charge in [-0.25, -0.2) is 4.68 Å². The lowest BCUT2D eigenvalue weighted by Gasteiger charge is -2.09. The summed E-state index contributed by atoms with van der Waals surface area (Å²) >= 11 is 0. The molecule has 1 heterocycles. The molecule has 0 saturated heterocycles. The van der Waals surface area contributed by atoms with Crippen molar-refractivity contribution in [1.29, 1.82) is 0 Å². The molecule has 0 aliphatic rings. The molecule has 0 amide bonds. The third-order valence-electron chi connectivity index (χ3n) is 2.51. The highest BCUT2D eigenvalue weighted by Crippen LogP contribution is 2.20. The zero-order valence-electron chi connectivity index (χ0n) is 11.2. The van der Waals surface area contributed by atoms with Crippen LogP contribution in [0.15, 0.2) is 0 Å². The second-order valence-corrected chi connectivity index (χ2v) is 3.82. The standard InChI is InChI=1S/C12H23N3O2/c1-5-13-9-11-10(3)14-15(4)12(11)17-8-7-16-6-2/h13H,5-9H2,1-4H3. The minimum absolute atomic E-state index is 0.561. The highest BCUT2D eigenvalue weighted by molar-refractivity contribution is 5.30. The summed E-state index contributed by atoms with van der Waals surface area (Å²) in [4.78, 5) is 0. The van der Waals surface area contributed by atoms with Gasteiger partial charge in [0.25, 0.3) is 0 Å². The van der Waals surface area contributed by atoms with Gasteiger partial charge in [0.1, 0.15) is 6.61 Å². The van der Waals surface area contributed by atoms with Gasteiger partial charge < -0.3 is 14.8 Å². The van der Waals surface area contributed by atoms with Gasteiger partial charge in [-0.1, -0.05) is 6.92 Å². The van der Waals surface area contributed by atoms with E-state index in [0.717, 1.165) is 36.8 Å². The van der Waals surface area contributed by atoms with Crippen LogP contribution in [0.25, 0.3) is 0 Å². The third-order valence-corrected chi connectivity index (χ3v) is 2.51. The normalized spacial score (nSPS) is 10.8. The zero-order valence-corrected chi connectivity index (χ0v) is 11.2. The Morgan fingerprint density at radius 1 is 1.29 bits per heavy atom. The predicted molar refractivity (Wildman–Crippen MR) is 67.3 cm³/mol. The molecule has 5 nitrogen and oxygen atoms in total. The molecule has 0 radical (unpaired) electrons. The van der Waals surface area contributed by atoms with Crippen molar-refractivity contribution >= 4 is 0 Å². The smallest absolute Gasteiger partial charge is 0.216 e. The van der Waals surface area contributed by atoms with Crippen LogP contribution in [-0.2, 0) is 18.3 Å². The van der Waals surface area contributed by atoms with Crippen LogP contribution in [0.3, 0.4) is 0 Å². The van der Waals surface area contributed by atoms with Crippen molar-refractivity contribution in [3.63, 3.8) is 0 Å². The molecule has 0 saturated carbocycles. The number of aryl methyl sites for hydroxylation is 2. The van der Waals surface area contributed by atoms with E-state index in [2.05, 4.69) is 17.3 Å². The van der Waals surface area contributed by atoms with Crippen molar-refractivity contribution in [2.24, 2.45) is 7.05 Å². The first kappa shape index (κ1) is 14.0. The molecule has 98 valence electrons. The maximum absolute atomic E-state index is 5.72. The molecule has 0 atom stereocenters. The van der Waals surface area contributed by atoms with Crippen molar-refractivity contribution in [2.45, 2.75) is 27.3 Å². The van der Waals surface area contributed by atoms with Crippen molar-refractivity contribution in [3.8, 4) is 5.88 Å². The van der Waals surface area contributed by atoms with Gasteiger partial charge >= 0.3 is 0 Å². The molecule has 0 fully saturated rings. The van der Waals surface area contributed by atoms with E-state index in [9.17, 15) is 0 Å². The topological polar surface area (TPSA) is 48.3 Å². The lowest BCUT2D eigenvalue weighted by atomic mass is 10.2. The number of aromatic nitrogens is 2. The second-order valence-electron chi connectivity index (χ2n) is 3.82. The van der Waals surface area contributed by atoms with Crippen LogP contribution in [0.4, 0.5) is 0 Å². The fourth-order valence-electron chi connectivity index (χ4n) is 1.66. The lowest BCUT2D eigenvalue weighted by Crippen LogP contribution is -2.15. The summed E-state index contributed by atoms with van der Waals surface area (Å²) in [6.07, 6.45) is 0. The Balaban J connectivity index is 2.61. The summed E-state index contributed by atoms with van der Waals surface area (Å²) in [5, 5.41) is 7.67. The van der Waals surface area contributed by atoms with E-state index in [0.29, 0.717) is 13.2 Å². The summed E-state index contributed by atoms with van der Waals surface area (Å²) < 4.78 is 12.8. The molecular weight excluding hydrogens is 218 g/mol. The zero-order chi connectivity index (χ0) is 12.7. The number of hydrogen-bond acceptors (Lipinski definition) is 4. The van der Waals surface area contributed by atoms with E-state index < -0.39 is 0 Å². The third kappa shape index (κ3) is 4.02. The molecule has 0 bridgehead atoms. The van der Waals surface area contributed by atoms with E-state index in [1.54, 1.807) is 4.68 Å². The van der Waals surface area contributed by atoms with Gasteiger partial charge in [0.2, 0.25) is 5.88 Å². The Bertz CT molecular complexity index is 337. The maximum atomic E-state index is 5.72. The average molecular weight is 241 g/mol. The Hall–Kier alpha value is -1.07. The average Bonchev–Trinajstić information content (AvgIpc) is 2.57. The van der Waals surface area contributed by atoms with E-state index >= 15 is 0 Å². The van der Waals surface area contributed by atoms with Gasteiger partial charge in [-0.15, -0.1) is 0 Å². The molecule has 0 aromatic carbocycles. The minimum Gasteiger partial charge on any atom is -0.475 e. The summed E-state index contributed by atoms with van der Waals surface area (Å²) in [7, 11) is 1.90. The first-order valence-corrected chi connectivity index (χ1v) is 6.14. The number of ether oxygens (including phenoxy) is 2. The van der Waals surface area contributed by atoms with E-state index in [4.69, 9.17) is 9.47 Å². The first-order valence-electron chi connectivity index (χ1n) is 6.14. The number of nitrogens with one attached hydrogen (secondary N) is 1. The summed E-state index contributed by atoms with van der Waals surface area (Å²) in [6.45, 7) is 9.69. The van der Waals surface area contributed by atoms with E-state index in [1.165, 1.54) is 0 Å². The van der Waals surface area contributed by atoms with Gasteiger partial charge in [-0.2, -0.15) is 5.10 Å². The molecule has 1 N–H and O–H groups in total. The highest BCUT2D eigenvalue weighted by Gasteiger charge is 2.13. The summed E-state index contributed by atoms with van der Waals surface area (Å²) in [6, 6.07) is 0. The molecule has 1 aromatic rings. The monoisotopic (exact) mass is 241 g/mol. The van der Waals surface area contributed by atoms with Gasteiger partial charge in [-0.05, 0) is 20.4 Å². The van der Waals surface area contributed by atoms with Crippen molar-refractivity contribution < 1.29 is 9.47 Å². The van der Waals surface area contributed by atoms with E-state index in [1.807, 2.05) is 20.9 Å². The molecule has 0 spiro atoms. The Labute approximate surface area is 103 Å². The van der Waals surface area contributed by atoms with Crippen LogP contribution in [0.1, 0.15) is 25.1 Å². The molecule has 5 heteroatoms. The molecule has 1 rings (SSSR count). The molecule has 0 aliphatic heterocycles. The quantitative estimate of drug-likeness (QED) is 0.696. The Kier molecular flexibility index (Phi) is 6.00. The highest BCUT2D eigenvalue weighted by atomic mass is 16.5. The second kappa shape index (κ2) is 7.29. The largest absolute Gasteiger partial charge is 0.475 e. The summed E-state index contributed by atoms with van der Waals surface area (Å²) in [5.74, 6) is 0.836. The predicted octanol–water partition coefficient (Wildman–Crippen LogP) is 1.25. The van der Waals surface area contributed by atoms with Crippen LogP contribution >= 0.6 is 0 Å². The van der Waals surface area contributed by atoms with Gasteiger partial charge in [0, 0.05) is 20.2 Å². The molecular formula is C12H23N3O2. The van der Waals surface area contributed by atoms with Crippen molar-refractivity contribution in [3.05, 3.63) is 11.3 Å². The summed E-state index contributed by atoms with van der Waals surface area (Å²) in [5.41, 5.74) is 2.14. The van der Waals surface area contributed by atoms with Crippen LogP contribution < -0.4 is 10.1 Å². The number of nitrogens with zero attached hydrogens (tertiary/aromatic N) is 2.